The summed E-state index contributed by atoms with van der Waals surface area (Å²) in [5.41, 5.74) is 10.5. The van der Waals surface area contributed by atoms with Gasteiger partial charge >= 0.3 is 0 Å². The van der Waals surface area contributed by atoms with E-state index in [1.54, 1.807) is 0 Å². The summed E-state index contributed by atoms with van der Waals surface area (Å²) in [7, 11) is 2.15. The number of fused-ring (bicyclic) bond motifs is 3. The van der Waals surface area contributed by atoms with Crippen LogP contribution in [0.4, 0.5) is 11.4 Å². The van der Waals surface area contributed by atoms with Crippen LogP contribution in [-0.2, 0) is 5.41 Å². The number of hydrogen-bond donors (Lipinski definition) is 0. The van der Waals surface area contributed by atoms with Gasteiger partial charge in [-0.05, 0) is 57.6 Å². The molecule has 0 amide bonds. The van der Waals surface area contributed by atoms with E-state index in [1.807, 2.05) is 0 Å². The van der Waals surface area contributed by atoms with Crippen LogP contribution in [0.5, 0.6) is 0 Å². The van der Waals surface area contributed by atoms with Crippen LogP contribution in [0.25, 0.3) is 22.3 Å². The first-order valence-electron chi connectivity index (χ1n) is 10.2. The number of hydrogen-bond acceptors (Lipinski definition) is 1. The lowest BCUT2D eigenvalue weighted by Crippen LogP contribution is -2.16. The molecule has 0 radical (unpaired) electrons. The highest BCUT2D eigenvalue weighted by molar-refractivity contribution is 5.83. The zero-order chi connectivity index (χ0) is 20.0. The number of nitrogens with zero attached hydrogens (tertiary/aromatic N) is 1. The normalized spacial score (nSPS) is 13.6. The highest BCUT2D eigenvalue weighted by Crippen LogP contribution is 2.49. The minimum Gasteiger partial charge on any atom is -0.345 e. The summed E-state index contributed by atoms with van der Waals surface area (Å²) in [4.78, 5) is 2.28. The Hall–Kier alpha value is -3.32. The Bertz CT molecular complexity index is 1190. The van der Waals surface area contributed by atoms with E-state index in [2.05, 4.69) is 123 Å². The molecule has 29 heavy (non-hydrogen) atoms. The molecule has 4 aromatic rings. The summed E-state index contributed by atoms with van der Waals surface area (Å²) in [6.07, 6.45) is 0. The van der Waals surface area contributed by atoms with Crippen molar-refractivity contribution in [3.05, 3.63) is 108 Å². The van der Waals surface area contributed by atoms with Crippen molar-refractivity contribution < 1.29 is 0 Å². The van der Waals surface area contributed by atoms with Crippen molar-refractivity contribution in [3.8, 4) is 22.3 Å². The Morgan fingerprint density at radius 2 is 1.21 bits per heavy atom. The smallest absolute Gasteiger partial charge is 0.0414 e. The predicted octanol–water partition coefficient (Wildman–Crippen LogP) is 7.43. The van der Waals surface area contributed by atoms with Crippen molar-refractivity contribution in [2.24, 2.45) is 0 Å². The van der Waals surface area contributed by atoms with E-state index in [-0.39, 0.29) is 5.41 Å². The van der Waals surface area contributed by atoms with Crippen molar-refractivity contribution in [2.45, 2.75) is 19.3 Å². The quantitative estimate of drug-likeness (QED) is 0.360. The van der Waals surface area contributed by atoms with E-state index in [1.165, 1.54) is 44.8 Å². The summed E-state index contributed by atoms with van der Waals surface area (Å²) in [5.74, 6) is 0. The number of rotatable bonds is 3. The van der Waals surface area contributed by atoms with E-state index in [9.17, 15) is 0 Å². The molecule has 0 saturated heterocycles. The fourth-order valence-electron chi connectivity index (χ4n) is 4.57. The average Bonchev–Trinajstić information content (AvgIpc) is 3.01. The van der Waals surface area contributed by atoms with Gasteiger partial charge in [-0.1, -0.05) is 86.6 Å². The third-order valence-corrected chi connectivity index (χ3v) is 6.29. The standard InChI is InChI=1S/C28H25N/c1-28(2)26-15-8-7-14-24(26)25-17-16-23(19-27(25)28)29(3)22-13-9-12-21(18-22)20-10-5-4-6-11-20/h4-19H,1-3H3. The lowest BCUT2D eigenvalue weighted by Gasteiger charge is -2.25. The van der Waals surface area contributed by atoms with Gasteiger partial charge in [-0.15, -0.1) is 0 Å². The summed E-state index contributed by atoms with van der Waals surface area (Å²) in [6, 6.07) is 35.0. The molecule has 1 nitrogen and oxygen atoms in total. The van der Waals surface area contributed by atoms with Gasteiger partial charge in [0.2, 0.25) is 0 Å². The molecule has 5 rings (SSSR count). The molecule has 1 aliphatic carbocycles. The van der Waals surface area contributed by atoms with Crippen molar-refractivity contribution in [3.63, 3.8) is 0 Å². The predicted molar refractivity (Wildman–Crippen MR) is 124 cm³/mol. The van der Waals surface area contributed by atoms with E-state index >= 15 is 0 Å². The summed E-state index contributed by atoms with van der Waals surface area (Å²) in [6.45, 7) is 4.66. The highest BCUT2D eigenvalue weighted by Gasteiger charge is 2.35. The Labute approximate surface area is 173 Å². The van der Waals surface area contributed by atoms with Gasteiger partial charge in [-0.2, -0.15) is 0 Å². The molecule has 0 bridgehead atoms. The molecule has 4 aromatic carbocycles. The molecule has 0 unspecified atom stereocenters. The first-order chi connectivity index (χ1) is 14.1. The van der Waals surface area contributed by atoms with Gasteiger partial charge in [-0.3, -0.25) is 0 Å². The average molecular weight is 376 g/mol. The Morgan fingerprint density at radius 1 is 0.552 bits per heavy atom. The van der Waals surface area contributed by atoms with Crippen molar-refractivity contribution in [2.75, 3.05) is 11.9 Å². The van der Waals surface area contributed by atoms with Gasteiger partial charge in [-0.25, -0.2) is 0 Å². The lowest BCUT2D eigenvalue weighted by molar-refractivity contribution is 0.660. The molecule has 1 heteroatoms. The van der Waals surface area contributed by atoms with Gasteiger partial charge in [0.15, 0.2) is 0 Å². The van der Waals surface area contributed by atoms with Crippen LogP contribution in [0.3, 0.4) is 0 Å². The molecule has 0 heterocycles. The monoisotopic (exact) mass is 375 g/mol. The highest BCUT2D eigenvalue weighted by atomic mass is 15.1. The third-order valence-electron chi connectivity index (χ3n) is 6.29. The van der Waals surface area contributed by atoms with Gasteiger partial charge in [0.1, 0.15) is 0 Å². The fraction of sp³-hybridized carbons (Fsp3) is 0.143. The van der Waals surface area contributed by atoms with Crippen LogP contribution in [0.15, 0.2) is 97.1 Å². The van der Waals surface area contributed by atoms with Crippen LogP contribution >= 0.6 is 0 Å². The van der Waals surface area contributed by atoms with Gasteiger partial charge in [0.05, 0.1) is 0 Å². The molecule has 1 aliphatic rings. The van der Waals surface area contributed by atoms with E-state index in [0.717, 1.165) is 0 Å². The molecule has 0 N–H and O–H groups in total. The molecule has 0 aliphatic heterocycles. The topological polar surface area (TPSA) is 3.24 Å². The lowest BCUT2D eigenvalue weighted by atomic mass is 9.82. The first-order valence-corrected chi connectivity index (χ1v) is 10.2. The van der Waals surface area contributed by atoms with Crippen LogP contribution in [0.2, 0.25) is 0 Å². The Kier molecular flexibility index (Phi) is 4.06. The summed E-state index contributed by atoms with van der Waals surface area (Å²) in [5, 5.41) is 0. The van der Waals surface area contributed by atoms with E-state index < -0.39 is 0 Å². The molecule has 0 spiro atoms. The minimum absolute atomic E-state index is 0.0225. The van der Waals surface area contributed by atoms with E-state index in [4.69, 9.17) is 0 Å². The second-order valence-electron chi connectivity index (χ2n) is 8.38. The summed E-state index contributed by atoms with van der Waals surface area (Å²) < 4.78 is 0. The first kappa shape index (κ1) is 17.8. The van der Waals surface area contributed by atoms with Crippen LogP contribution in [-0.4, -0.2) is 7.05 Å². The van der Waals surface area contributed by atoms with Crippen molar-refractivity contribution in [1.82, 2.24) is 0 Å². The minimum atomic E-state index is 0.0225. The number of benzene rings is 4. The fourth-order valence-corrected chi connectivity index (χ4v) is 4.57. The maximum atomic E-state index is 2.37. The maximum Gasteiger partial charge on any atom is 0.0414 e. The third kappa shape index (κ3) is 2.86. The summed E-state index contributed by atoms with van der Waals surface area (Å²) >= 11 is 0. The van der Waals surface area contributed by atoms with E-state index in [0.29, 0.717) is 0 Å². The Balaban J connectivity index is 1.55. The van der Waals surface area contributed by atoms with Crippen molar-refractivity contribution >= 4 is 11.4 Å². The van der Waals surface area contributed by atoms with Gasteiger partial charge < -0.3 is 4.90 Å². The second kappa shape index (κ2) is 6.63. The van der Waals surface area contributed by atoms with Gasteiger partial charge in [0, 0.05) is 23.8 Å². The molecular formula is C28H25N. The number of anilines is 2. The zero-order valence-electron chi connectivity index (χ0n) is 17.2. The SMILES string of the molecule is CN(c1cccc(-c2ccccc2)c1)c1ccc2c(c1)C(C)(C)c1ccccc1-2. The largest absolute Gasteiger partial charge is 0.345 e. The second-order valence-corrected chi connectivity index (χ2v) is 8.38. The Morgan fingerprint density at radius 3 is 2.03 bits per heavy atom. The van der Waals surface area contributed by atoms with Crippen LogP contribution < -0.4 is 4.90 Å². The van der Waals surface area contributed by atoms with Gasteiger partial charge in [0.25, 0.3) is 0 Å². The molecule has 0 fully saturated rings. The van der Waals surface area contributed by atoms with Crippen LogP contribution in [0.1, 0.15) is 25.0 Å². The maximum absolute atomic E-state index is 2.37. The molecule has 0 saturated carbocycles. The van der Waals surface area contributed by atoms with Crippen LogP contribution in [0, 0.1) is 0 Å². The zero-order valence-corrected chi connectivity index (χ0v) is 17.2. The molecule has 0 atom stereocenters. The molecule has 0 aromatic heterocycles. The molecular weight excluding hydrogens is 350 g/mol. The van der Waals surface area contributed by atoms with Crippen molar-refractivity contribution in [1.29, 1.82) is 0 Å². The molecule has 142 valence electrons.